The first-order chi connectivity index (χ1) is 17.2. The van der Waals surface area contributed by atoms with Crippen LogP contribution in [0, 0.1) is 0 Å². The molecule has 210 valence electrons. The second-order valence-electron chi connectivity index (χ2n) is 8.98. The van der Waals surface area contributed by atoms with Gasteiger partial charge in [-0.25, -0.2) is 5.09 Å². The van der Waals surface area contributed by atoms with Gasteiger partial charge in [-0.15, -0.1) is 0 Å². The Hall–Kier alpha value is -1.80. The van der Waals surface area contributed by atoms with Gasteiger partial charge in [0, 0.05) is 12.0 Å². The molecule has 0 aliphatic carbocycles. The van der Waals surface area contributed by atoms with Crippen LogP contribution in [-0.2, 0) is 42.5 Å². The Morgan fingerprint density at radius 1 is 1.35 bits per heavy atom. The van der Waals surface area contributed by atoms with Gasteiger partial charge in [0.15, 0.2) is 12.0 Å². The number of hydrogen-bond donors (Lipinski definition) is 3. The lowest BCUT2D eigenvalue weighted by Gasteiger charge is -2.34. The monoisotopic (exact) mass is 566 g/mol. The van der Waals surface area contributed by atoms with E-state index in [0.717, 1.165) is 22.4 Å². The van der Waals surface area contributed by atoms with Crippen LogP contribution in [0.3, 0.4) is 0 Å². The van der Waals surface area contributed by atoms with E-state index < -0.39 is 79.6 Å². The number of nitrogens with zero attached hydrogens (tertiary/aromatic N) is 1. The number of nitrogens with one attached hydrogen (secondary N) is 1. The van der Waals surface area contributed by atoms with Gasteiger partial charge < -0.3 is 28.9 Å². The van der Waals surface area contributed by atoms with Crippen molar-refractivity contribution < 1.29 is 52.7 Å². The number of aliphatic hydroxyl groups is 2. The summed E-state index contributed by atoms with van der Waals surface area (Å²) in [7, 11) is 0. The molecule has 1 fully saturated rings. The van der Waals surface area contributed by atoms with Crippen LogP contribution in [0.25, 0.3) is 0 Å². The Morgan fingerprint density at radius 3 is 2.62 bits per heavy atom. The normalized spacial score (nSPS) is 28.3. The molecular formula is C22H35N2O11PS. The van der Waals surface area contributed by atoms with E-state index in [9.17, 15) is 34.0 Å². The fraction of sp³-hybridized carbons (Fsp3) is 0.727. The zero-order valence-electron chi connectivity index (χ0n) is 21.4. The van der Waals surface area contributed by atoms with Crippen LogP contribution in [0.1, 0.15) is 47.5 Å². The summed E-state index contributed by atoms with van der Waals surface area (Å²) in [4.78, 5) is 48.8. The van der Waals surface area contributed by atoms with E-state index in [2.05, 4.69) is 5.09 Å². The smallest absolute Gasteiger partial charge is 0.327 e. The van der Waals surface area contributed by atoms with Crippen molar-refractivity contribution in [3.63, 3.8) is 0 Å². The molecule has 2 aliphatic rings. The standard InChI is InChI=1S/C22H35N2O11PS/c1-6-32-18(27)8-10-37-36(31,23-14(4)20(29)34-13(2)3)33-12-16-19(28)22(5,30)21(35-16)24-9-7-15(25)11-17(24)26/h7,9,13-14,16,19,21,28,30H,6,8,10-12H2,1-5H3,(H,23,31)/t14-,16-,19-,21-,22-,36?/m1/s1. The molecule has 0 aromatic heterocycles. The number of carbonyl (C=O) groups excluding carboxylic acids is 4. The number of ether oxygens (including phenoxy) is 3. The molecule has 0 bridgehead atoms. The maximum Gasteiger partial charge on any atom is 0.327 e. The van der Waals surface area contributed by atoms with Gasteiger partial charge in [-0.3, -0.25) is 28.6 Å². The predicted octanol–water partition coefficient (Wildman–Crippen LogP) is 0.879. The molecular weight excluding hydrogens is 531 g/mol. The summed E-state index contributed by atoms with van der Waals surface area (Å²) >= 11 is 0.757. The van der Waals surface area contributed by atoms with Gasteiger partial charge in [0.05, 0.1) is 32.2 Å². The minimum atomic E-state index is -3.89. The van der Waals surface area contributed by atoms with Crippen molar-refractivity contribution in [1.29, 1.82) is 0 Å². The Balaban J connectivity index is 2.13. The third kappa shape index (κ3) is 8.60. The topological polar surface area (TPSA) is 178 Å². The molecule has 13 nitrogen and oxygen atoms in total. The van der Waals surface area contributed by atoms with Crippen molar-refractivity contribution in [3.05, 3.63) is 12.3 Å². The summed E-state index contributed by atoms with van der Waals surface area (Å²) in [6.45, 7) is 3.47. The van der Waals surface area contributed by atoms with Crippen molar-refractivity contribution in [2.24, 2.45) is 0 Å². The fourth-order valence-electron chi connectivity index (χ4n) is 3.52. The second kappa shape index (κ2) is 13.3. The quantitative estimate of drug-likeness (QED) is 0.163. The van der Waals surface area contributed by atoms with Gasteiger partial charge in [0.25, 0.3) is 0 Å². The highest BCUT2D eigenvalue weighted by Crippen LogP contribution is 2.57. The molecule has 0 radical (unpaired) electrons. The zero-order valence-corrected chi connectivity index (χ0v) is 23.2. The van der Waals surface area contributed by atoms with Crippen LogP contribution in [-0.4, -0.2) is 93.9 Å². The van der Waals surface area contributed by atoms with E-state index in [1.807, 2.05) is 0 Å². The minimum absolute atomic E-state index is 0.0323. The molecule has 6 atom stereocenters. The lowest BCUT2D eigenvalue weighted by atomic mass is 9.95. The van der Waals surface area contributed by atoms with Crippen molar-refractivity contribution in [1.82, 2.24) is 9.99 Å². The molecule has 0 aromatic rings. The summed E-state index contributed by atoms with van der Waals surface area (Å²) < 4.78 is 34.9. The lowest BCUT2D eigenvalue weighted by Crippen LogP contribution is -2.54. The van der Waals surface area contributed by atoms with E-state index in [0.29, 0.717) is 0 Å². The van der Waals surface area contributed by atoms with Gasteiger partial charge in [-0.05, 0) is 40.7 Å². The molecule has 2 aliphatic heterocycles. The average molecular weight is 567 g/mol. The van der Waals surface area contributed by atoms with Crippen LogP contribution >= 0.6 is 18.1 Å². The highest BCUT2D eigenvalue weighted by atomic mass is 32.7. The first kappa shape index (κ1) is 31.4. The maximum atomic E-state index is 13.6. The van der Waals surface area contributed by atoms with E-state index in [4.69, 9.17) is 18.7 Å². The van der Waals surface area contributed by atoms with Gasteiger partial charge in [-0.2, -0.15) is 0 Å². The highest BCUT2D eigenvalue weighted by Gasteiger charge is 2.56. The molecule has 37 heavy (non-hydrogen) atoms. The van der Waals surface area contributed by atoms with Crippen LogP contribution in [0.5, 0.6) is 0 Å². The predicted molar refractivity (Wildman–Crippen MR) is 132 cm³/mol. The number of esters is 2. The molecule has 0 aromatic carbocycles. The fourth-order valence-corrected chi connectivity index (χ4v) is 7.27. The highest BCUT2D eigenvalue weighted by molar-refractivity contribution is 8.56. The number of amides is 1. The molecule has 15 heteroatoms. The largest absolute Gasteiger partial charge is 0.466 e. The molecule has 0 spiro atoms. The lowest BCUT2D eigenvalue weighted by molar-refractivity contribution is -0.158. The number of ketones is 1. The maximum absolute atomic E-state index is 13.6. The number of allylic oxidation sites excluding steroid dienone is 1. The van der Waals surface area contributed by atoms with E-state index in [1.165, 1.54) is 20.0 Å². The van der Waals surface area contributed by atoms with Gasteiger partial charge in [0.1, 0.15) is 23.9 Å². The Bertz CT molecular complexity index is 942. The summed E-state index contributed by atoms with van der Waals surface area (Å²) in [5, 5.41) is 24.2. The average Bonchev–Trinajstić information content (AvgIpc) is 3.01. The molecule has 2 heterocycles. The summed E-state index contributed by atoms with van der Waals surface area (Å²) in [5.41, 5.74) is -1.95. The first-order valence-electron chi connectivity index (χ1n) is 11.8. The van der Waals surface area contributed by atoms with Crippen molar-refractivity contribution in [2.45, 2.75) is 83.6 Å². The van der Waals surface area contributed by atoms with Gasteiger partial charge in [0.2, 0.25) is 5.91 Å². The van der Waals surface area contributed by atoms with E-state index in [-0.39, 0.29) is 18.8 Å². The number of hydrogen-bond acceptors (Lipinski definition) is 12. The molecule has 1 amide bonds. The van der Waals surface area contributed by atoms with Gasteiger partial charge >= 0.3 is 18.7 Å². The molecule has 1 saturated heterocycles. The van der Waals surface area contributed by atoms with Crippen LogP contribution in [0.4, 0.5) is 0 Å². The minimum Gasteiger partial charge on any atom is -0.466 e. The van der Waals surface area contributed by atoms with Crippen LogP contribution < -0.4 is 5.09 Å². The SMILES string of the molecule is CCOC(=O)CCSP(=O)(N[C@H](C)C(=O)OC(C)C)OC[C@H]1O[C@@H](N2C=CC(=O)CC2=O)[C@](C)(O)[C@@H]1O. The molecule has 0 saturated carbocycles. The zero-order chi connectivity index (χ0) is 28.0. The first-order valence-corrected chi connectivity index (χ1v) is 15.0. The van der Waals surface area contributed by atoms with Crippen molar-refractivity contribution in [2.75, 3.05) is 19.0 Å². The number of aliphatic hydroxyl groups excluding tert-OH is 1. The number of rotatable bonds is 13. The summed E-state index contributed by atoms with van der Waals surface area (Å²) in [6, 6.07) is -1.04. The van der Waals surface area contributed by atoms with E-state index >= 15 is 0 Å². The second-order valence-corrected chi connectivity index (χ2v) is 13.4. The molecule has 3 N–H and O–H groups in total. The summed E-state index contributed by atoms with van der Waals surface area (Å²) in [5.74, 6) is -2.16. The third-order valence-corrected chi connectivity index (χ3v) is 9.50. The van der Waals surface area contributed by atoms with Crippen molar-refractivity contribution >= 4 is 41.7 Å². The number of carbonyl (C=O) groups is 4. The van der Waals surface area contributed by atoms with E-state index in [1.54, 1.807) is 20.8 Å². The third-order valence-electron chi connectivity index (χ3n) is 5.38. The Morgan fingerprint density at radius 2 is 2.03 bits per heavy atom. The van der Waals surface area contributed by atoms with Crippen LogP contribution in [0.15, 0.2) is 12.3 Å². The van der Waals surface area contributed by atoms with Gasteiger partial charge in [-0.1, -0.05) is 11.4 Å². The van der Waals surface area contributed by atoms with Crippen molar-refractivity contribution in [3.8, 4) is 0 Å². The molecule has 2 rings (SSSR count). The summed E-state index contributed by atoms with van der Waals surface area (Å²) in [6.07, 6.45) is -2.68. The van der Waals surface area contributed by atoms with Crippen LogP contribution in [0.2, 0.25) is 0 Å². The molecule has 1 unspecified atom stereocenters. The Labute approximate surface area is 219 Å². The Kier molecular flexibility index (Phi) is 11.3.